The highest BCUT2D eigenvalue weighted by molar-refractivity contribution is 7.92. The summed E-state index contributed by atoms with van der Waals surface area (Å²) >= 11 is 0. The first-order valence-electron chi connectivity index (χ1n) is 8.20. The van der Waals surface area contributed by atoms with E-state index in [1.54, 1.807) is 42.5 Å². The van der Waals surface area contributed by atoms with E-state index in [2.05, 4.69) is 15.4 Å². The molecule has 0 atom stereocenters. The van der Waals surface area contributed by atoms with Crippen molar-refractivity contribution < 1.29 is 13.2 Å². The smallest absolute Gasteiger partial charge is 0.314 e. The molecule has 0 aliphatic carbocycles. The van der Waals surface area contributed by atoms with Crippen LogP contribution in [0.3, 0.4) is 0 Å². The molecule has 0 heterocycles. The van der Waals surface area contributed by atoms with Gasteiger partial charge in [-0.05, 0) is 42.7 Å². The third-order valence-electron chi connectivity index (χ3n) is 3.49. The molecule has 25 heavy (non-hydrogen) atoms. The molecule has 0 radical (unpaired) electrons. The van der Waals surface area contributed by atoms with Gasteiger partial charge in [-0.15, -0.1) is 0 Å². The number of rotatable bonds is 8. The van der Waals surface area contributed by atoms with Gasteiger partial charge in [0.1, 0.15) is 0 Å². The van der Waals surface area contributed by atoms with Gasteiger partial charge in [-0.2, -0.15) is 0 Å². The highest BCUT2D eigenvalue weighted by Crippen LogP contribution is 2.16. The van der Waals surface area contributed by atoms with Gasteiger partial charge in [-0.1, -0.05) is 37.3 Å². The molecule has 2 aromatic rings. The van der Waals surface area contributed by atoms with E-state index in [0.29, 0.717) is 25.2 Å². The molecule has 0 saturated carbocycles. The van der Waals surface area contributed by atoms with Crippen LogP contribution in [0, 0.1) is 0 Å². The number of carbonyl (C=O) groups excluding carboxylic acids is 1. The van der Waals surface area contributed by atoms with Crippen molar-refractivity contribution in [1.82, 2.24) is 10.6 Å². The van der Waals surface area contributed by atoms with Gasteiger partial charge in [0.05, 0.1) is 4.90 Å². The van der Waals surface area contributed by atoms with E-state index in [4.69, 9.17) is 0 Å². The minimum atomic E-state index is -3.58. The van der Waals surface area contributed by atoms with Gasteiger partial charge in [0, 0.05) is 18.8 Å². The van der Waals surface area contributed by atoms with Crippen molar-refractivity contribution in [1.29, 1.82) is 0 Å². The first-order valence-corrected chi connectivity index (χ1v) is 9.68. The van der Waals surface area contributed by atoms with E-state index >= 15 is 0 Å². The number of amides is 2. The third-order valence-corrected chi connectivity index (χ3v) is 4.89. The molecule has 0 aromatic heterocycles. The lowest BCUT2D eigenvalue weighted by atomic mass is 10.1. The Morgan fingerprint density at radius 1 is 0.920 bits per heavy atom. The Labute approximate surface area is 148 Å². The highest BCUT2D eigenvalue weighted by atomic mass is 32.2. The lowest BCUT2D eigenvalue weighted by molar-refractivity contribution is 0.241. The Balaban J connectivity index is 1.87. The minimum Gasteiger partial charge on any atom is -0.338 e. The molecule has 2 aromatic carbocycles. The van der Waals surface area contributed by atoms with Crippen LogP contribution in [0.4, 0.5) is 10.5 Å². The Morgan fingerprint density at radius 2 is 1.56 bits per heavy atom. The molecular weight excluding hydrogens is 338 g/mol. The second-order valence-corrected chi connectivity index (χ2v) is 7.23. The zero-order chi connectivity index (χ0) is 18.1. The van der Waals surface area contributed by atoms with E-state index in [1.807, 2.05) is 19.1 Å². The van der Waals surface area contributed by atoms with Crippen LogP contribution >= 0.6 is 0 Å². The third kappa shape index (κ3) is 6.11. The maximum atomic E-state index is 12.3. The first kappa shape index (κ1) is 18.8. The molecule has 0 aliphatic heterocycles. The molecule has 134 valence electrons. The Morgan fingerprint density at radius 3 is 2.20 bits per heavy atom. The molecule has 0 saturated heterocycles. The van der Waals surface area contributed by atoms with Crippen LogP contribution in [0.15, 0.2) is 59.5 Å². The molecule has 0 fully saturated rings. The quantitative estimate of drug-likeness (QED) is 0.676. The molecule has 3 N–H and O–H groups in total. The molecule has 0 unspecified atom stereocenters. The topological polar surface area (TPSA) is 87.3 Å². The summed E-state index contributed by atoms with van der Waals surface area (Å²) in [6.07, 6.45) is 1.57. The predicted octanol–water partition coefficient (Wildman–Crippen LogP) is 2.74. The van der Waals surface area contributed by atoms with E-state index in [-0.39, 0.29) is 10.9 Å². The Kier molecular flexibility index (Phi) is 6.82. The predicted molar refractivity (Wildman–Crippen MR) is 99.1 cm³/mol. The van der Waals surface area contributed by atoms with Crippen molar-refractivity contribution in [3.8, 4) is 0 Å². The van der Waals surface area contributed by atoms with Gasteiger partial charge in [0.2, 0.25) is 0 Å². The summed E-state index contributed by atoms with van der Waals surface area (Å²) in [6.45, 7) is 3.17. The highest BCUT2D eigenvalue weighted by Gasteiger charge is 2.13. The first-order chi connectivity index (χ1) is 12.0. The van der Waals surface area contributed by atoms with E-state index in [9.17, 15) is 13.2 Å². The number of hydrogen-bond acceptors (Lipinski definition) is 3. The summed E-state index contributed by atoms with van der Waals surface area (Å²) in [5.74, 6) is 0. The van der Waals surface area contributed by atoms with Crippen LogP contribution in [0.2, 0.25) is 0 Å². The van der Waals surface area contributed by atoms with E-state index in [1.165, 1.54) is 0 Å². The summed E-state index contributed by atoms with van der Waals surface area (Å²) in [4.78, 5) is 11.7. The summed E-state index contributed by atoms with van der Waals surface area (Å²) < 4.78 is 27.1. The number of urea groups is 1. The number of anilines is 1. The van der Waals surface area contributed by atoms with Crippen LogP contribution in [-0.4, -0.2) is 27.5 Å². The molecule has 7 heteroatoms. The van der Waals surface area contributed by atoms with Crippen LogP contribution in [0.1, 0.15) is 18.9 Å². The molecule has 6 nitrogen and oxygen atoms in total. The Bertz CT molecular complexity index is 775. The van der Waals surface area contributed by atoms with Crippen molar-refractivity contribution in [2.75, 3.05) is 17.8 Å². The number of hydrogen-bond donors (Lipinski definition) is 3. The van der Waals surface area contributed by atoms with Crippen LogP contribution in [0.5, 0.6) is 0 Å². The van der Waals surface area contributed by atoms with Crippen LogP contribution in [0.25, 0.3) is 0 Å². The molecular formula is C18H23N3O3S. The second kappa shape index (κ2) is 9.08. The van der Waals surface area contributed by atoms with Gasteiger partial charge < -0.3 is 10.6 Å². The lowest BCUT2D eigenvalue weighted by Crippen LogP contribution is -2.36. The van der Waals surface area contributed by atoms with Crippen molar-refractivity contribution in [3.63, 3.8) is 0 Å². The summed E-state index contributed by atoms with van der Waals surface area (Å²) in [7, 11) is -3.58. The summed E-state index contributed by atoms with van der Waals surface area (Å²) in [6, 6.07) is 15.2. The SMILES string of the molecule is CCCNC(=O)NCCc1ccc(NS(=O)(=O)c2ccccc2)cc1. The number of nitrogens with one attached hydrogen (secondary N) is 3. The van der Waals surface area contributed by atoms with Gasteiger partial charge in [0.15, 0.2) is 0 Å². The number of carbonyl (C=O) groups is 1. The number of sulfonamides is 1. The van der Waals surface area contributed by atoms with Gasteiger partial charge in [-0.25, -0.2) is 13.2 Å². The fourth-order valence-electron chi connectivity index (χ4n) is 2.17. The summed E-state index contributed by atoms with van der Waals surface area (Å²) in [5.41, 5.74) is 1.51. The van der Waals surface area contributed by atoms with Crippen molar-refractivity contribution in [2.45, 2.75) is 24.7 Å². The normalized spacial score (nSPS) is 10.9. The van der Waals surface area contributed by atoms with E-state index < -0.39 is 10.0 Å². The lowest BCUT2D eigenvalue weighted by Gasteiger charge is -2.09. The Hall–Kier alpha value is -2.54. The maximum Gasteiger partial charge on any atom is 0.314 e. The van der Waals surface area contributed by atoms with Crippen molar-refractivity contribution >= 4 is 21.7 Å². The van der Waals surface area contributed by atoms with Crippen molar-refractivity contribution in [2.24, 2.45) is 0 Å². The van der Waals surface area contributed by atoms with Crippen LogP contribution in [-0.2, 0) is 16.4 Å². The zero-order valence-electron chi connectivity index (χ0n) is 14.2. The minimum absolute atomic E-state index is 0.172. The second-order valence-electron chi connectivity index (χ2n) is 5.55. The van der Waals surface area contributed by atoms with E-state index in [0.717, 1.165) is 12.0 Å². The monoisotopic (exact) mass is 361 g/mol. The largest absolute Gasteiger partial charge is 0.338 e. The van der Waals surface area contributed by atoms with Crippen molar-refractivity contribution in [3.05, 3.63) is 60.2 Å². The zero-order valence-corrected chi connectivity index (χ0v) is 15.0. The molecule has 0 bridgehead atoms. The molecule has 2 amide bonds. The fraction of sp³-hybridized carbons (Fsp3) is 0.278. The van der Waals surface area contributed by atoms with Crippen LogP contribution < -0.4 is 15.4 Å². The summed E-state index contributed by atoms with van der Waals surface area (Å²) in [5, 5.41) is 5.52. The molecule has 2 rings (SSSR count). The van der Waals surface area contributed by atoms with Gasteiger partial charge in [-0.3, -0.25) is 4.72 Å². The average Bonchev–Trinajstić information content (AvgIpc) is 2.62. The molecule has 0 spiro atoms. The maximum absolute atomic E-state index is 12.3. The average molecular weight is 361 g/mol. The fourth-order valence-corrected chi connectivity index (χ4v) is 3.25. The van der Waals surface area contributed by atoms with Gasteiger partial charge >= 0.3 is 6.03 Å². The number of benzene rings is 2. The standard InChI is InChI=1S/C18H23N3O3S/c1-2-13-19-18(22)20-14-12-15-8-10-16(11-9-15)21-25(23,24)17-6-4-3-5-7-17/h3-11,21H,2,12-14H2,1H3,(H2,19,20,22). The molecule has 0 aliphatic rings. The van der Waals surface area contributed by atoms with Gasteiger partial charge in [0.25, 0.3) is 10.0 Å².